The van der Waals surface area contributed by atoms with Crippen LogP contribution in [0.25, 0.3) is 0 Å². The first-order valence-corrected chi connectivity index (χ1v) is 7.93. The fourth-order valence-corrected chi connectivity index (χ4v) is 2.85. The molecule has 0 radical (unpaired) electrons. The summed E-state index contributed by atoms with van der Waals surface area (Å²) in [5.74, 6) is 0. The first kappa shape index (κ1) is 9.23. The number of hydrogen-bond acceptors (Lipinski definition) is 2. The van der Waals surface area contributed by atoms with Crippen LogP contribution in [0.15, 0.2) is 0 Å². The van der Waals surface area contributed by atoms with Gasteiger partial charge >= 0.3 is 0 Å². The van der Waals surface area contributed by atoms with Crippen molar-refractivity contribution >= 4 is 8.07 Å². The van der Waals surface area contributed by atoms with E-state index in [1.807, 2.05) is 0 Å². The maximum Gasteiger partial charge on any atom is 0.136 e. The molecule has 0 spiro atoms. The number of ether oxygens (including phenoxy) is 1. The molecule has 1 rings (SSSR count). The van der Waals surface area contributed by atoms with Crippen LogP contribution in [0, 0.1) is 0 Å². The van der Waals surface area contributed by atoms with E-state index in [2.05, 4.69) is 38.6 Å². The third kappa shape index (κ3) is 2.93. The van der Waals surface area contributed by atoms with Gasteiger partial charge in [-0.3, -0.25) is 4.90 Å². The summed E-state index contributed by atoms with van der Waals surface area (Å²) in [7, 11) is 3.26. The first-order valence-electron chi connectivity index (χ1n) is 4.22. The topological polar surface area (TPSA) is 15.8 Å². The third-order valence-corrected chi connectivity index (χ3v) is 3.51. The highest BCUT2D eigenvalue weighted by Gasteiger charge is 2.42. The van der Waals surface area contributed by atoms with Gasteiger partial charge in [0.2, 0.25) is 0 Å². The molecule has 0 aliphatic carbocycles. The SMILES string of the molecule is CN(C)C1OC1C[Si](C)(C)C. The van der Waals surface area contributed by atoms with E-state index in [9.17, 15) is 0 Å². The highest BCUT2D eigenvalue weighted by molar-refractivity contribution is 6.76. The van der Waals surface area contributed by atoms with E-state index in [0.717, 1.165) is 0 Å². The van der Waals surface area contributed by atoms with Crippen molar-refractivity contribution in [2.75, 3.05) is 14.1 Å². The van der Waals surface area contributed by atoms with Gasteiger partial charge < -0.3 is 4.74 Å². The summed E-state index contributed by atoms with van der Waals surface area (Å²) in [5, 5.41) is 0. The molecule has 0 aromatic rings. The van der Waals surface area contributed by atoms with Crippen molar-refractivity contribution in [2.45, 2.75) is 38.0 Å². The van der Waals surface area contributed by atoms with E-state index in [0.29, 0.717) is 12.3 Å². The minimum atomic E-state index is -0.897. The maximum atomic E-state index is 5.52. The molecular formula is C8H19NOSi. The predicted octanol–water partition coefficient (Wildman–Crippen LogP) is 1.61. The Morgan fingerprint density at radius 3 is 2.09 bits per heavy atom. The summed E-state index contributed by atoms with van der Waals surface area (Å²) < 4.78 is 5.52. The zero-order valence-corrected chi connectivity index (χ0v) is 9.22. The molecule has 0 aromatic carbocycles. The molecule has 66 valence electrons. The molecule has 0 bridgehead atoms. The second-order valence-electron chi connectivity index (χ2n) is 4.79. The molecule has 2 nitrogen and oxygen atoms in total. The summed E-state index contributed by atoms with van der Waals surface area (Å²) >= 11 is 0. The highest BCUT2D eigenvalue weighted by atomic mass is 28.3. The Labute approximate surface area is 70.5 Å². The summed E-state index contributed by atoms with van der Waals surface area (Å²) in [6.45, 7) is 7.17. The van der Waals surface area contributed by atoms with Crippen molar-refractivity contribution in [3.63, 3.8) is 0 Å². The van der Waals surface area contributed by atoms with E-state index < -0.39 is 8.07 Å². The minimum Gasteiger partial charge on any atom is -0.353 e. The molecular weight excluding hydrogens is 154 g/mol. The molecule has 0 saturated carbocycles. The molecule has 1 heterocycles. The van der Waals surface area contributed by atoms with Gasteiger partial charge in [0, 0.05) is 8.07 Å². The Morgan fingerprint density at radius 1 is 1.27 bits per heavy atom. The van der Waals surface area contributed by atoms with Crippen LogP contribution < -0.4 is 0 Å². The second kappa shape index (κ2) is 2.88. The maximum absolute atomic E-state index is 5.52. The molecule has 1 saturated heterocycles. The van der Waals surface area contributed by atoms with Gasteiger partial charge in [-0.15, -0.1) is 0 Å². The van der Waals surface area contributed by atoms with Gasteiger partial charge in [-0.05, 0) is 20.1 Å². The van der Waals surface area contributed by atoms with Gasteiger partial charge in [0.25, 0.3) is 0 Å². The zero-order chi connectivity index (χ0) is 8.65. The normalized spacial score (nSPS) is 31.1. The highest BCUT2D eigenvalue weighted by Crippen LogP contribution is 2.31. The van der Waals surface area contributed by atoms with Gasteiger partial charge in [-0.1, -0.05) is 19.6 Å². The Morgan fingerprint density at radius 2 is 1.82 bits per heavy atom. The molecule has 11 heavy (non-hydrogen) atoms. The number of epoxide rings is 1. The fraction of sp³-hybridized carbons (Fsp3) is 1.00. The van der Waals surface area contributed by atoms with Crippen molar-refractivity contribution in [3.8, 4) is 0 Å². The molecule has 3 heteroatoms. The quantitative estimate of drug-likeness (QED) is 0.476. The monoisotopic (exact) mass is 173 g/mol. The summed E-state index contributed by atoms with van der Waals surface area (Å²) in [4.78, 5) is 2.16. The van der Waals surface area contributed by atoms with Crippen molar-refractivity contribution in [2.24, 2.45) is 0 Å². The van der Waals surface area contributed by atoms with E-state index in [1.54, 1.807) is 0 Å². The lowest BCUT2D eigenvalue weighted by atomic mass is 10.5. The van der Waals surface area contributed by atoms with E-state index >= 15 is 0 Å². The average molecular weight is 173 g/mol. The molecule has 2 atom stereocenters. The van der Waals surface area contributed by atoms with Crippen LogP contribution in [0.5, 0.6) is 0 Å². The van der Waals surface area contributed by atoms with Crippen LogP contribution in [0.3, 0.4) is 0 Å². The Kier molecular flexibility index (Phi) is 2.42. The number of rotatable bonds is 3. The van der Waals surface area contributed by atoms with E-state index in [4.69, 9.17) is 4.74 Å². The summed E-state index contributed by atoms with van der Waals surface area (Å²) in [6, 6.07) is 1.30. The van der Waals surface area contributed by atoms with Crippen LogP contribution in [0.2, 0.25) is 25.7 Å². The lowest BCUT2D eigenvalue weighted by molar-refractivity contribution is 0.245. The molecule has 0 aromatic heterocycles. The van der Waals surface area contributed by atoms with Crippen molar-refractivity contribution in [1.29, 1.82) is 0 Å². The fourth-order valence-electron chi connectivity index (χ4n) is 1.34. The lowest BCUT2D eigenvalue weighted by Crippen LogP contribution is -2.25. The van der Waals surface area contributed by atoms with E-state index in [1.165, 1.54) is 6.04 Å². The van der Waals surface area contributed by atoms with E-state index in [-0.39, 0.29) is 0 Å². The molecule has 1 aliphatic heterocycles. The molecule has 0 amide bonds. The number of nitrogens with zero attached hydrogens (tertiary/aromatic N) is 1. The summed E-state index contributed by atoms with van der Waals surface area (Å²) in [6.07, 6.45) is 0.957. The standard InChI is InChI=1S/C8H19NOSi/c1-9(2)8-7(10-8)6-11(3,4)5/h7-8H,6H2,1-5H3. The molecule has 2 unspecified atom stereocenters. The molecule has 1 aliphatic rings. The first-order chi connectivity index (χ1) is 4.90. The Bertz CT molecular complexity index is 142. The second-order valence-corrected chi connectivity index (χ2v) is 10.3. The predicted molar refractivity (Wildman–Crippen MR) is 50.5 cm³/mol. The van der Waals surface area contributed by atoms with Crippen LogP contribution in [-0.2, 0) is 4.74 Å². The lowest BCUT2D eigenvalue weighted by Gasteiger charge is -2.13. The Balaban J connectivity index is 2.24. The zero-order valence-electron chi connectivity index (χ0n) is 8.22. The smallest absolute Gasteiger partial charge is 0.136 e. The van der Waals surface area contributed by atoms with Crippen LogP contribution >= 0.6 is 0 Å². The van der Waals surface area contributed by atoms with Crippen molar-refractivity contribution in [1.82, 2.24) is 4.90 Å². The third-order valence-electron chi connectivity index (χ3n) is 1.88. The van der Waals surface area contributed by atoms with Crippen LogP contribution in [0.1, 0.15) is 0 Å². The van der Waals surface area contributed by atoms with Crippen LogP contribution in [-0.4, -0.2) is 39.4 Å². The number of hydrogen-bond donors (Lipinski definition) is 0. The van der Waals surface area contributed by atoms with Gasteiger partial charge in [0.05, 0.1) is 6.10 Å². The van der Waals surface area contributed by atoms with Gasteiger partial charge in [0.1, 0.15) is 6.23 Å². The van der Waals surface area contributed by atoms with Gasteiger partial charge in [0.15, 0.2) is 0 Å². The minimum absolute atomic E-state index is 0.418. The number of likely N-dealkylation sites (N-methyl/N-ethyl adjacent to an activating group) is 1. The van der Waals surface area contributed by atoms with Gasteiger partial charge in [-0.25, -0.2) is 0 Å². The average Bonchev–Trinajstić information content (AvgIpc) is 2.40. The van der Waals surface area contributed by atoms with Crippen molar-refractivity contribution < 1.29 is 4.74 Å². The summed E-state index contributed by atoms with van der Waals surface area (Å²) in [5.41, 5.74) is 0. The van der Waals surface area contributed by atoms with Gasteiger partial charge in [-0.2, -0.15) is 0 Å². The molecule has 1 fully saturated rings. The van der Waals surface area contributed by atoms with Crippen molar-refractivity contribution in [3.05, 3.63) is 0 Å². The van der Waals surface area contributed by atoms with Crippen LogP contribution in [0.4, 0.5) is 0 Å². The molecule has 0 N–H and O–H groups in total. The largest absolute Gasteiger partial charge is 0.353 e. The Hall–Kier alpha value is 0.137.